The van der Waals surface area contributed by atoms with E-state index in [4.69, 9.17) is 10.5 Å². The first kappa shape index (κ1) is 11.1. The topological polar surface area (TPSA) is 91.3 Å². The number of nitrogens with zero attached hydrogens (tertiary/aromatic N) is 2. The summed E-state index contributed by atoms with van der Waals surface area (Å²) in [6.07, 6.45) is 0. The van der Waals surface area contributed by atoms with Crippen molar-refractivity contribution in [3.63, 3.8) is 0 Å². The second-order valence-electron chi connectivity index (χ2n) is 3.63. The molecule has 17 heavy (non-hydrogen) atoms. The molecule has 2 aromatic rings. The van der Waals surface area contributed by atoms with Crippen LogP contribution in [0.25, 0.3) is 10.9 Å². The van der Waals surface area contributed by atoms with Crippen LogP contribution in [0.4, 0.5) is 11.5 Å². The maximum Gasteiger partial charge on any atom is 0.279 e. The molecule has 0 atom stereocenters. The predicted octanol–water partition coefficient (Wildman–Crippen LogP) is 2.04. The molecule has 6 nitrogen and oxygen atoms in total. The number of non-ortho nitro benzene ring substituents is 1. The monoisotopic (exact) mass is 233 g/mol. The SMILES string of the molecule is COc1ccc([N+](=O)[O-])c2cc(C)c(N)nc12. The van der Waals surface area contributed by atoms with Gasteiger partial charge in [-0.05, 0) is 24.6 Å². The Balaban J connectivity index is 2.90. The highest BCUT2D eigenvalue weighted by Gasteiger charge is 2.17. The minimum absolute atomic E-state index is 0.00333. The van der Waals surface area contributed by atoms with Gasteiger partial charge in [-0.15, -0.1) is 0 Å². The fourth-order valence-corrected chi connectivity index (χ4v) is 1.66. The first-order chi connectivity index (χ1) is 8.04. The van der Waals surface area contributed by atoms with Crippen molar-refractivity contribution in [2.75, 3.05) is 12.8 Å². The summed E-state index contributed by atoms with van der Waals surface area (Å²) in [6.45, 7) is 1.75. The van der Waals surface area contributed by atoms with Crippen LogP contribution in [0.2, 0.25) is 0 Å². The highest BCUT2D eigenvalue weighted by Crippen LogP contribution is 2.33. The van der Waals surface area contributed by atoms with Gasteiger partial charge in [0.05, 0.1) is 17.4 Å². The zero-order valence-electron chi connectivity index (χ0n) is 9.43. The molecule has 0 fully saturated rings. The largest absolute Gasteiger partial charge is 0.494 e. The van der Waals surface area contributed by atoms with Crippen LogP contribution in [0.15, 0.2) is 18.2 Å². The number of pyridine rings is 1. The standard InChI is InChI=1S/C11H11N3O3/c1-6-5-7-8(14(15)16)3-4-9(17-2)10(7)13-11(6)12/h3-5H,1-2H3,(H2,12,13). The lowest BCUT2D eigenvalue weighted by molar-refractivity contribution is -0.383. The predicted molar refractivity (Wildman–Crippen MR) is 64.1 cm³/mol. The van der Waals surface area contributed by atoms with Gasteiger partial charge in [-0.25, -0.2) is 4.98 Å². The molecule has 0 amide bonds. The van der Waals surface area contributed by atoms with Crippen molar-refractivity contribution in [2.45, 2.75) is 6.92 Å². The number of benzene rings is 1. The fraction of sp³-hybridized carbons (Fsp3) is 0.182. The number of nitro groups is 1. The van der Waals surface area contributed by atoms with E-state index in [1.54, 1.807) is 13.0 Å². The minimum Gasteiger partial charge on any atom is -0.494 e. The van der Waals surface area contributed by atoms with E-state index in [1.807, 2.05) is 0 Å². The van der Waals surface area contributed by atoms with Crippen LogP contribution in [-0.2, 0) is 0 Å². The molecule has 0 spiro atoms. The molecule has 2 N–H and O–H groups in total. The van der Waals surface area contributed by atoms with Gasteiger partial charge in [0.1, 0.15) is 17.1 Å². The Kier molecular flexibility index (Phi) is 2.55. The van der Waals surface area contributed by atoms with Gasteiger partial charge in [-0.1, -0.05) is 0 Å². The van der Waals surface area contributed by atoms with Crippen LogP contribution >= 0.6 is 0 Å². The van der Waals surface area contributed by atoms with E-state index in [9.17, 15) is 10.1 Å². The molecule has 1 aromatic heterocycles. The van der Waals surface area contributed by atoms with Crippen LogP contribution < -0.4 is 10.5 Å². The molecule has 0 aliphatic rings. The van der Waals surface area contributed by atoms with E-state index < -0.39 is 4.92 Å². The average Bonchev–Trinajstić information content (AvgIpc) is 2.29. The van der Waals surface area contributed by atoms with Gasteiger partial charge in [-0.2, -0.15) is 0 Å². The highest BCUT2D eigenvalue weighted by molar-refractivity contribution is 5.94. The summed E-state index contributed by atoms with van der Waals surface area (Å²) >= 11 is 0. The summed E-state index contributed by atoms with van der Waals surface area (Å²) in [5, 5.41) is 11.3. The molecule has 0 bridgehead atoms. The Morgan fingerprint density at radius 2 is 2.18 bits per heavy atom. The summed E-state index contributed by atoms with van der Waals surface area (Å²) in [4.78, 5) is 14.6. The highest BCUT2D eigenvalue weighted by atomic mass is 16.6. The van der Waals surface area contributed by atoms with Gasteiger partial charge in [0, 0.05) is 6.07 Å². The van der Waals surface area contributed by atoms with Crippen molar-refractivity contribution in [2.24, 2.45) is 0 Å². The zero-order valence-corrected chi connectivity index (χ0v) is 9.43. The number of aryl methyl sites for hydroxylation is 1. The lowest BCUT2D eigenvalue weighted by Crippen LogP contribution is -1.98. The van der Waals surface area contributed by atoms with Gasteiger partial charge in [-0.3, -0.25) is 10.1 Å². The number of rotatable bonds is 2. The molecule has 0 aliphatic carbocycles. The number of hydrogen-bond donors (Lipinski definition) is 1. The van der Waals surface area contributed by atoms with Crippen molar-refractivity contribution in [1.29, 1.82) is 0 Å². The number of nitro benzene ring substituents is 1. The van der Waals surface area contributed by atoms with Crippen molar-refractivity contribution >= 4 is 22.4 Å². The molecule has 0 saturated heterocycles. The Bertz CT molecular complexity index is 610. The van der Waals surface area contributed by atoms with Crippen molar-refractivity contribution in [3.05, 3.63) is 33.9 Å². The Labute approximate surface area is 97.2 Å². The van der Waals surface area contributed by atoms with E-state index in [0.717, 1.165) is 0 Å². The Hall–Kier alpha value is -2.37. The average molecular weight is 233 g/mol. The normalized spacial score (nSPS) is 10.5. The molecule has 1 aromatic carbocycles. The zero-order chi connectivity index (χ0) is 12.6. The number of aromatic nitrogens is 1. The number of fused-ring (bicyclic) bond motifs is 1. The molecule has 1 heterocycles. The number of ether oxygens (including phenoxy) is 1. The molecular formula is C11H11N3O3. The van der Waals surface area contributed by atoms with E-state index in [0.29, 0.717) is 28.0 Å². The molecule has 0 aliphatic heterocycles. The van der Waals surface area contributed by atoms with E-state index in [2.05, 4.69) is 4.98 Å². The summed E-state index contributed by atoms with van der Waals surface area (Å²) in [5.41, 5.74) is 6.81. The van der Waals surface area contributed by atoms with E-state index in [1.165, 1.54) is 19.2 Å². The number of nitrogens with two attached hydrogens (primary N) is 1. The third-order valence-corrected chi connectivity index (χ3v) is 2.57. The maximum atomic E-state index is 10.9. The minimum atomic E-state index is -0.445. The molecule has 0 unspecified atom stereocenters. The van der Waals surface area contributed by atoms with Crippen LogP contribution in [0.1, 0.15) is 5.56 Å². The molecule has 2 rings (SSSR count). The van der Waals surface area contributed by atoms with Crippen LogP contribution in [-0.4, -0.2) is 17.0 Å². The third kappa shape index (κ3) is 1.73. The summed E-state index contributed by atoms with van der Waals surface area (Å²) < 4.78 is 5.12. The van der Waals surface area contributed by atoms with E-state index in [-0.39, 0.29) is 5.69 Å². The van der Waals surface area contributed by atoms with E-state index >= 15 is 0 Å². The van der Waals surface area contributed by atoms with Gasteiger partial charge >= 0.3 is 0 Å². The second kappa shape index (κ2) is 3.89. The summed E-state index contributed by atoms with van der Waals surface area (Å²) in [5.74, 6) is 0.814. The van der Waals surface area contributed by atoms with Gasteiger partial charge < -0.3 is 10.5 Å². The maximum absolute atomic E-state index is 10.9. The van der Waals surface area contributed by atoms with Crippen molar-refractivity contribution in [1.82, 2.24) is 4.98 Å². The van der Waals surface area contributed by atoms with Gasteiger partial charge in [0.15, 0.2) is 0 Å². The van der Waals surface area contributed by atoms with Crippen LogP contribution in [0, 0.1) is 17.0 Å². The first-order valence-electron chi connectivity index (χ1n) is 4.93. The first-order valence-corrected chi connectivity index (χ1v) is 4.93. The molecule has 0 radical (unpaired) electrons. The third-order valence-electron chi connectivity index (χ3n) is 2.57. The van der Waals surface area contributed by atoms with Crippen molar-refractivity contribution in [3.8, 4) is 5.75 Å². The van der Waals surface area contributed by atoms with Gasteiger partial charge in [0.2, 0.25) is 0 Å². The lowest BCUT2D eigenvalue weighted by atomic mass is 10.1. The summed E-state index contributed by atoms with van der Waals surface area (Å²) in [6, 6.07) is 4.57. The Morgan fingerprint density at radius 1 is 1.47 bits per heavy atom. The van der Waals surface area contributed by atoms with Crippen LogP contribution in [0.5, 0.6) is 5.75 Å². The molecular weight excluding hydrogens is 222 g/mol. The lowest BCUT2D eigenvalue weighted by Gasteiger charge is -2.07. The molecule has 88 valence electrons. The number of nitrogen functional groups attached to an aromatic ring is 1. The number of methoxy groups -OCH3 is 1. The molecule has 6 heteroatoms. The van der Waals surface area contributed by atoms with Crippen molar-refractivity contribution < 1.29 is 9.66 Å². The van der Waals surface area contributed by atoms with Crippen LogP contribution in [0.3, 0.4) is 0 Å². The second-order valence-corrected chi connectivity index (χ2v) is 3.63. The number of hydrogen-bond acceptors (Lipinski definition) is 5. The summed E-state index contributed by atoms with van der Waals surface area (Å²) in [7, 11) is 1.48. The quantitative estimate of drug-likeness (QED) is 0.633. The number of anilines is 1. The van der Waals surface area contributed by atoms with Gasteiger partial charge in [0.25, 0.3) is 5.69 Å². The Morgan fingerprint density at radius 3 is 2.76 bits per heavy atom. The fourth-order valence-electron chi connectivity index (χ4n) is 1.66. The molecule has 0 saturated carbocycles. The smallest absolute Gasteiger partial charge is 0.279 e.